The Labute approximate surface area is 201 Å². The van der Waals surface area contributed by atoms with Gasteiger partial charge in [0, 0.05) is 50.4 Å². The lowest BCUT2D eigenvalue weighted by Gasteiger charge is -2.25. The molecule has 34 heavy (non-hydrogen) atoms. The molecular weight excluding hydrogens is 426 g/mol. The third-order valence-electron chi connectivity index (χ3n) is 6.40. The van der Waals surface area contributed by atoms with Gasteiger partial charge in [0.1, 0.15) is 0 Å². The summed E-state index contributed by atoms with van der Waals surface area (Å²) in [5, 5.41) is 4.51. The molecular formula is C27H33N5O2. The highest BCUT2D eigenvalue weighted by molar-refractivity contribution is 5.94. The van der Waals surface area contributed by atoms with Gasteiger partial charge in [-0.05, 0) is 44.5 Å². The summed E-state index contributed by atoms with van der Waals surface area (Å²) in [4.78, 5) is 31.8. The van der Waals surface area contributed by atoms with Gasteiger partial charge in [-0.3, -0.25) is 14.5 Å². The van der Waals surface area contributed by atoms with E-state index in [9.17, 15) is 9.59 Å². The molecule has 0 spiro atoms. The summed E-state index contributed by atoms with van der Waals surface area (Å²) < 4.78 is 1.87. The molecule has 3 aromatic rings. The van der Waals surface area contributed by atoms with Crippen molar-refractivity contribution in [3.8, 4) is 16.9 Å². The van der Waals surface area contributed by atoms with Crippen molar-refractivity contribution in [2.75, 3.05) is 45.8 Å². The number of amides is 2. The molecule has 1 aliphatic heterocycles. The van der Waals surface area contributed by atoms with Gasteiger partial charge in [-0.2, -0.15) is 5.10 Å². The minimum absolute atomic E-state index is 0.0205. The number of hydrogen-bond donors (Lipinski definition) is 0. The van der Waals surface area contributed by atoms with Gasteiger partial charge < -0.3 is 9.80 Å². The minimum atomic E-state index is 0.0205. The zero-order valence-electron chi connectivity index (χ0n) is 20.1. The maximum absolute atomic E-state index is 13.4. The maximum Gasteiger partial charge on any atom is 0.253 e. The van der Waals surface area contributed by atoms with Crippen LogP contribution in [-0.2, 0) is 4.79 Å². The molecule has 4 rings (SSSR count). The molecule has 1 fully saturated rings. The van der Waals surface area contributed by atoms with Crippen LogP contribution in [-0.4, -0.2) is 82.1 Å². The van der Waals surface area contributed by atoms with Crippen LogP contribution in [0.5, 0.6) is 0 Å². The Morgan fingerprint density at radius 3 is 2.47 bits per heavy atom. The van der Waals surface area contributed by atoms with E-state index in [1.165, 1.54) is 0 Å². The molecule has 0 aliphatic carbocycles. The first-order chi connectivity index (χ1) is 16.6. The molecule has 2 aromatic carbocycles. The van der Waals surface area contributed by atoms with Crippen LogP contribution in [0.2, 0.25) is 0 Å². The van der Waals surface area contributed by atoms with E-state index in [2.05, 4.69) is 22.1 Å². The predicted octanol–water partition coefficient (Wildman–Crippen LogP) is 3.56. The number of likely N-dealkylation sites (N-methyl/N-ethyl adjacent to an activating group) is 1. The lowest BCUT2D eigenvalue weighted by molar-refractivity contribution is -0.132. The Hall–Kier alpha value is -3.45. The summed E-state index contributed by atoms with van der Waals surface area (Å²) >= 11 is 0. The number of carbonyl (C=O) groups excluding carboxylic acids is 2. The van der Waals surface area contributed by atoms with Crippen molar-refractivity contribution in [2.45, 2.75) is 20.3 Å². The van der Waals surface area contributed by atoms with Gasteiger partial charge in [0.05, 0.1) is 24.1 Å². The van der Waals surface area contributed by atoms with Gasteiger partial charge in [0.15, 0.2) is 0 Å². The number of rotatable bonds is 7. The smallest absolute Gasteiger partial charge is 0.253 e. The van der Waals surface area contributed by atoms with Crippen LogP contribution in [0.4, 0.5) is 0 Å². The molecule has 2 heterocycles. The third-order valence-corrected chi connectivity index (χ3v) is 6.40. The van der Waals surface area contributed by atoms with Gasteiger partial charge in [-0.25, -0.2) is 4.68 Å². The zero-order chi connectivity index (χ0) is 23.9. The van der Waals surface area contributed by atoms with Gasteiger partial charge in [0.2, 0.25) is 5.91 Å². The summed E-state index contributed by atoms with van der Waals surface area (Å²) in [6, 6.07) is 19.7. The summed E-state index contributed by atoms with van der Waals surface area (Å²) in [7, 11) is 0. The first-order valence-electron chi connectivity index (χ1n) is 12.1. The second-order valence-corrected chi connectivity index (χ2v) is 8.53. The van der Waals surface area contributed by atoms with Gasteiger partial charge in [-0.1, -0.05) is 36.4 Å². The molecule has 0 radical (unpaired) electrons. The fraction of sp³-hybridized carbons (Fsp3) is 0.370. The predicted molar refractivity (Wildman–Crippen MR) is 134 cm³/mol. The zero-order valence-corrected chi connectivity index (χ0v) is 20.1. The standard InChI is InChI=1S/C27H33N5O2/c1-3-30(4-2)26(33)21-29-16-9-17-31(19-18-29)27(34)23-12-8-13-24(20-23)32-25(14-15-28-32)22-10-6-5-7-11-22/h5-8,10-15,20H,3-4,9,16-19,21H2,1-2H3. The largest absolute Gasteiger partial charge is 0.342 e. The Bertz CT molecular complexity index is 1110. The third kappa shape index (κ3) is 5.37. The van der Waals surface area contributed by atoms with Crippen molar-refractivity contribution in [3.05, 3.63) is 72.4 Å². The van der Waals surface area contributed by atoms with Gasteiger partial charge in [0.25, 0.3) is 5.91 Å². The van der Waals surface area contributed by atoms with Crippen LogP contribution in [0.15, 0.2) is 66.9 Å². The molecule has 1 aliphatic rings. The quantitative estimate of drug-likeness (QED) is 0.542. The van der Waals surface area contributed by atoms with E-state index in [1.54, 1.807) is 6.20 Å². The highest BCUT2D eigenvalue weighted by Crippen LogP contribution is 2.23. The topological polar surface area (TPSA) is 61.7 Å². The molecule has 0 unspecified atom stereocenters. The van der Waals surface area contributed by atoms with Gasteiger partial charge >= 0.3 is 0 Å². The number of aromatic nitrogens is 2. The summed E-state index contributed by atoms with van der Waals surface area (Å²) in [5.41, 5.74) is 3.56. The van der Waals surface area contributed by atoms with Crippen LogP contribution >= 0.6 is 0 Å². The molecule has 2 amide bonds. The first kappa shape index (κ1) is 23.7. The van der Waals surface area contributed by atoms with E-state index in [-0.39, 0.29) is 11.8 Å². The average molecular weight is 460 g/mol. The number of hydrogen-bond acceptors (Lipinski definition) is 4. The molecule has 0 atom stereocenters. The molecule has 7 nitrogen and oxygen atoms in total. The van der Waals surface area contributed by atoms with Crippen LogP contribution in [0.1, 0.15) is 30.6 Å². The highest BCUT2D eigenvalue weighted by Gasteiger charge is 2.23. The fourth-order valence-corrected chi connectivity index (χ4v) is 4.49. The molecule has 0 saturated carbocycles. The van der Waals surface area contributed by atoms with Crippen molar-refractivity contribution in [2.24, 2.45) is 0 Å². The van der Waals surface area contributed by atoms with Crippen LogP contribution in [0, 0.1) is 0 Å². The lowest BCUT2D eigenvalue weighted by atomic mass is 10.1. The van der Waals surface area contributed by atoms with E-state index in [1.807, 2.05) is 76.9 Å². The number of nitrogens with zero attached hydrogens (tertiary/aromatic N) is 5. The molecule has 1 aromatic heterocycles. The van der Waals surface area contributed by atoms with Crippen LogP contribution < -0.4 is 0 Å². The van der Waals surface area contributed by atoms with Crippen molar-refractivity contribution >= 4 is 11.8 Å². The Morgan fingerprint density at radius 2 is 1.71 bits per heavy atom. The summed E-state index contributed by atoms with van der Waals surface area (Å²) in [5.74, 6) is 0.179. The highest BCUT2D eigenvalue weighted by atomic mass is 16.2. The van der Waals surface area contributed by atoms with Crippen LogP contribution in [0.25, 0.3) is 16.9 Å². The molecule has 7 heteroatoms. The SMILES string of the molecule is CCN(CC)C(=O)CN1CCCN(C(=O)c2cccc(-n3nccc3-c3ccccc3)c2)CC1. The fourth-order valence-electron chi connectivity index (χ4n) is 4.49. The normalized spacial score (nSPS) is 14.6. The number of carbonyl (C=O) groups is 2. The lowest BCUT2D eigenvalue weighted by Crippen LogP contribution is -2.42. The van der Waals surface area contributed by atoms with E-state index in [4.69, 9.17) is 0 Å². The molecule has 178 valence electrons. The van der Waals surface area contributed by atoms with Crippen molar-refractivity contribution in [1.82, 2.24) is 24.5 Å². The molecule has 0 bridgehead atoms. The summed E-state index contributed by atoms with van der Waals surface area (Å²) in [6.45, 7) is 8.72. The average Bonchev–Trinajstić information content (AvgIpc) is 3.25. The van der Waals surface area contributed by atoms with Gasteiger partial charge in [-0.15, -0.1) is 0 Å². The number of benzene rings is 2. The Kier molecular flexibility index (Phi) is 7.75. The van der Waals surface area contributed by atoms with E-state index < -0.39 is 0 Å². The van der Waals surface area contributed by atoms with E-state index in [0.29, 0.717) is 31.7 Å². The van der Waals surface area contributed by atoms with Crippen LogP contribution in [0.3, 0.4) is 0 Å². The van der Waals surface area contributed by atoms with E-state index in [0.717, 1.165) is 43.0 Å². The second kappa shape index (κ2) is 11.1. The van der Waals surface area contributed by atoms with Crippen molar-refractivity contribution < 1.29 is 9.59 Å². The Morgan fingerprint density at radius 1 is 0.912 bits per heavy atom. The second-order valence-electron chi connectivity index (χ2n) is 8.53. The maximum atomic E-state index is 13.4. The van der Waals surface area contributed by atoms with E-state index >= 15 is 0 Å². The van der Waals surface area contributed by atoms with Crippen molar-refractivity contribution in [1.29, 1.82) is 0 Å². The minimum Gasteiger partial charge on any atom is -0.342 e. The molecule has 0 N–H and O–H groups in total. The Balaban J connectivity index is 1.45. The summed E-state index contributed by atoms with van der Waals surface area (Å²) in [6.07, 6.45) is 2.63. The molecule has 1 saturated heterocycles. The van der Waals surface area contributed by atoms with Crippen molar-refractivity contribution in [3.63, 3.8) is 0 Å². The first-order valence-corrected chi connectivity index (χ1v) is 12.1. The monoisotopic (exact) mass is 459 g/mol.